The number of carbonyl (C=O) groups excluding carboxylic acids is 1. The molecule has 4 rings (SSSR count). The second kappa shape index (κ2) is 7.40. The Morgan fingerprint density at radius 2 is 1.96 bits per heavy atom. The number of benzene rings is 1. The smallest absolute Gasteiger partial charge is 0.320 e. The Hall–Kier alpha value is -3.26. The fourth-order valence-electron chi connectivity index (χ4n) is 3.43. The molecule has 7 nitrogen and oxygen atoms in total. The highest BCUT2D eigenvalue weighted by molar-refractivity contribution is 5.96. The van der Waals surface area contributed by atoms with Crippen molar-refractivity contribution in [2.24, 2.45) is 5.92 Å². The molecule has 8 heteroatoms. The molecule has 1 saturated heterocycles. The van der Waals surface area contributed by atoms with Crippen LogP contribution >= 0.6 is 0 Å². The van der Waals surface area contributed by atoms with Crippen LogP contribution in [0.5, 0.6) is 0 Å². The van der Waals surface area contributed by atoms with Crippen LogP contribution in [0.25, 0.3) is 16.9 Å². The molecule has 1 amide bonds. The van der Waals surface area contributed by atoms with E-state index in [9.17, 15) is 14.0 Å². The van der Waals surface area contributed by atoms with E-state index in [0.29, 0.717) is 42.1 Å². The van der Waals surface area contributed by atoms with Gasteiger partial charge in [-0.3, -0.25) is 14.0 Å². The molecule has 0 bridgehead atoms. The highest BCUT2D eigenvalue weighted by Crippen LogP contribution is 2.29. The molecular weight excluding hydrogens is 363 g/mol. The van der Waals surface area contributed by atoms with Crippen LogP contribution < -0.4 is 10.6 Å². The van der Waals surface area contributed by atoms with Gasteiger partial charge in [0.15, 0.2) is 0 Å². The van der Waals surface area contributed by atoms with E-state index in [1.165, 1.54) is 12.1 Å². The van der Waals surface area contributed by atoms with Gasteiger partial charge in [-0.2, -0.15) is 0 Å². The minimum Gasteiger partial charge on any atom is -0.480 e. The first-order valence-corrected chi connectivity index (χ1v) is 9.03. The summed E-state index contributed by atoms with van der Waals surface area (Å²) in [4.78, 5) is 28.5. The molecule has 0 saturated carbocycles. The summed E-state index contributed by atoms with van der Waals surface area (Å²) in [7, 11) is 0. The molecule has 1 aromatic carbocycles. The van der Waals surface area contributed by atoms with E-state index in [-0.39, 0.29) is 17.6 Å². The first-order chi connectivity index (χ1) is 13.5. The Morgan fingerprint density at radius 3 is 2.64 bits per heavy atom. The number of hydrogen-bond acceptors (Lipinski definition) is 4. The molecule has 0 spiro atoms. The topological polar surface area (TPSA) is 95.7 Å². The Morgan fingerprint density at radius 1 is 1.18 bits per heavy atom. The van der Waals surface area contributed by atoms with Crippen molar-refractivity contribution < 1.29 is 19.1 Å². The van der Waals surface area contributed by atoms with Crippen LogP contribution in [0, 0.1) is 11.7 Å². The summed E-state index contributed by atoms with van der Waals surface area (Å²) in [5, 5.41) is 14.9. The molecule has 1 aliphatic rings. The van der Waals surface area contributed by atoms with Crippen LogP contribution in [0.3, 0.4) is 0 Å². The predicted molar refractivity (Wildman–Crippen MR) is 101 cm³/mol. The van der Waals surface area contributed by atoms with Gasteiger partial charge in [-0.05, 0) is 49.2 Å². The summed E-state index contributed by atoms with van der Waals surface area (Å²) in [5.41, 5.74) is 1.89. The van der Waals surface area contributed by atoms with Crippen LogP contribution in [-0.4, -0.2) is 39.0 Å². The fraction of sp³-hybridized carbons (Fsp3) is 0.250. The number of carboxylic acids is 1. The van der Waals surface area contributed by atoms with E-state index in [2.05, 4.69) is 15.6 Å². The molecule has 28 heavy (non-hydrogen) atoms. The van der Waals surface area contributed by atoms with Crippen LogP contribution in [-0.2, 0) is 9.59 Å². The number of halogens is 1. The predicted octanol–water partition coefficient (Wildman–Crippen LogP) is 2.53. The number of nitrogens with zero attached hydrogens (tertiary/aromatic N) is 2. The lowest BCUT2D eigenvalue weighted by Gasteiger charge is -2.26. The molecule has 2 atom stereocenters. The lowest BCUT2D eigenvalue weighted by atomic mass is 9.94. The maximum atomic E-state index is 13.3. The number of aliphatic carboxylic acids is 1. The lowest BCUT2D eigenvalue weighted by Crippen LogP contribution is -2.47. The van der Waals surface area contributed by atoms with Gasteiger partial charge in [0.2, 0.25) is 5.91 Å². The Bertz CT molecular complexity index is 1020. The van der Waals surface area contributed by atoms with E-state index in [1.54, 1.807) is 22.7 Å². The van der Waals surface area contributed by atoms with Crippen molar-refractivity contribution >= 4 is 23.3 Å². The van der Waals surface area contributed by atoms with E-state index in [4.69, 9.17) is 5.11 Å². The summed E-state index contributed by atoms with van der Waals surface area (Å²) in [5.74, 6) is -1.29. The molecule has 2 unspecified atom stereocenters. The fourth-order valence-corrected chi connectivity index (χ4v) is 3.43. The van der Waals surface area contributed by atoms with Crippen molar-refractivity contribution in [3.05, 3.63) is 54.5 Å². The Labute approximate surface area is 160 Å². The van der Waals surface area contributed by atoms with E-state index in [0.717, 1.165) is 0 Å². The molecule has 1 fully saturated rings. The largest absolute Gasteiger partial charge is 0.480 e. The summed E-state index contributed by atoms with van der Waals surface area (Å²) in [6.07, 6.45) is 2.67. The third-order valence-corrected chi connectivity index (χ3v) is 4.97. The van der Waals surface area contributed by atoms with E-state index < -0.39 is 12.0 Å². The highest BCUT2D eigenvalue weighted by Gasteiger charge is 2.30. The average Bonchev–Trinajstić information content (AvgIpc) is 3.07. The molecule has 3 N–H and O–H groups in total. The van der Waals surface area contributed by atoms with Gasteiger partial charge in [-0.1, -0.05) is 6.07 Å². The number of aromatic nitrogens is 2. The van der Waals surface area contributed by atoms with Gasteiger partial charge in [0.05, 0.1) is 5.92 Å². The highest BCUT2D eigenvalue weighted by atomic mass is 19.1. The summed E-state index contributed by atoms with van der Waals surface area (Å²) in [6.45, 7) is 0.297. The van der Waals surface area contributed by atoms with Gasteiger partial charge in [0, 0.05) is 18.3 Å². The number of nitrogens with one attached hydrogen (secondary N) is 2. The minimum absolute atomic E-state index is 0.203. The molecule has 0 radical (unpaired) electrons. The van der Waals surface area contributed by atoms with Crippen molar-refractivity contribution in [3.63, 3.8) is 0 Å². The van der Waals surface area contributed by atoms with Crippen molar-refractivity contribution in [1.29, 1.82) is 0 Å². The van der Waals surface area contributed by atoms with Gasteiger partial charge in [0.1, 0.15) is 29.0 Å². The van der Waals surface area contributed by atoms with Crippen molar-refractivity contribution in [2.75, 3.05) is 11.9 Å². The van der Waals surface area contributed by atoms with Gasteiger partial charge in [-0.15, -0.1) is 0 Å². The Balaban J connectivity index is 1.62. The lowest BCUT2D eigenvalue weighted by molar-refractivity contribution is -0.141. The SMILES string of the molecule is O=C(Nc1c(-c2ccc(F)cc2)nc2ccccn12)C1CCC(C(=O)O)NC1. The van der Waals surface area contributed by atoms with Crippen LogP contribution in [0.2, 0.25) is 0 Å². The van der Waals surface area contributed by atoms with Crippen LogP contribution in [0.15, 0.2) is 48.7 Å². The molecule has 144 valence electrons. The van der Waals surface area contributed by atoms with Gasteiger partial charge in [-0.25, -0.2) is 9.37 Å². The number of amides is 1. The van der Waals surface area contributed by atoms with E-state index in [1.807, 2.05) is 18.2 Å². The first-order valence-electron chi connectivity index (χ1n) is 9.03. The van der Waals surface area contributed by atoms with E-state index >= 15 is 0 Å². The molecule has 3 aromatic rings. The number of hydrogen-bond donors (Lipinski definition) is 3. The van der Waals surface area contributed by atoms with Crippen LogP contribution in [0.4, 0.5) is 10.2 Å². The Kier molecular flexibility index (Phi) is 4.79. The maximum Gasteiger partial charge on any atom is 0.320 e. The van der Waals surface area contributed by atoms with Crippen molar-refractivity contribution in [1.82, 2.24) is 14.7 Å². The van der Waals surface area contributed by atoms with Gasteiger partial charge in [0.25, 0.3) is 0 Å². The van der Waals surface area contributed by atoms with Crippen LogP contribution in [0.1, 0.15) is 12.8 Å². The molecule has 2 aromatic heterocycles. The normalized spacial score (nSPS) is 19.5. The minimum atomic E-state index is -0.903. The number of pyridine rings is 1. The quantitative estimate of drug-likeness (QED) is 0.645. The number of carboxylic acid groups (broad SMARTS) is 1. The first kappa shape index (κ1) is 18.1. The summed E-state index contributed by atoms with van der Waals surface area (Å²) >= 11 is 0. The van der Waals surface area contributed by atoms with Crippen molar-refractivity contribution in [3.8, 4) is 11.3 Å². The molecular formula is C20H19FN4O3. The molecule has 0 aliphatic carbocycles. The third-order valence-electron chi connectivity index (χ3n) is 4.97. The number of carbonyl (C=O) groups is 2. The second-order valence-corrected chi connectivity index (χ2v) is 6.81. The number of rotatable bonds is 4. The second-order valence-electron chi connectivity index (χ2n) is 6.81. The zero-order valence-corrected chi connectivity index (χ0v) is 14.9. The summed E-state index contributed by atoms with van der Waals surface area (Å²) < 4.78 is 15.1. The molecule has 3 heterocycles. The van der Waals surface area contributed by atoms with Gasteiger partial charge < -0.3 is 15.7 Å². The average molecular weight is 382 g/mol. The van der Waals surface area contributed by atoms with Gasteiger partial charge >= 0.3 is 5.97 Å². The zero-order valence-electron chi connectivity index (χ0n) is 14.9. The summed E-state index contributed by atoms with van der Waals surface area (Å²) in [6, 6.07) is 10.8. The molecule has 1 aliphatic heterocycles. The third kappa shape index (κ3) is 3.46. The monoisotopic (exact) mass is 382 g/mol. The number of fused-ring (bicyclic) bond motifs is 1. The van der Waals surface area contributed by atoms with Crippen molar-refractivity contribution in [2.45, 2.75) is 18.9 Å². The standard InChI is InChI=1S/C20H19FN4O3/c21-14-7-4-12(5-8-14)17-18(25-10-2-1-3-16(25)23-17)24-19(26)13-6-9-15(20(27)28)22-11-13/h1-5,7-8,10,13,15,22H,6,9,11H2,(H,24,26)(H,27,28). The number of anilines is 1. The number of imidazole rings is 1. The zero-order chi connectivity index (χ0) is 19.7. The number of piperidine rings is 1. The maximum absolute atomic E-state index is 13.3.